The van der Waals surface area contributed by atoms with Crippen LogP contribution in [0.5, 0.6) is 5.75 Å². The molecule has 4 N–H and O–H groups in total. The van der Waals surface area contributed by atoms with E-state index in [1.807, 2.05) is 12.1 Å². The van der Waals surface area contributed by atoms with E-state index in [2.05, 4.69) is 10.6 Å². The van der Waals surface area contributed by atoms with Crippen LogP contribution >= 0.6 is 0 Å². The van der Waals surface area contributed by atoms with E-state index in [1.165, 1.54) is 7.05 Å². The van der Waals surface area contributed by atoms with Crippen LogP contribution in [0.3, 0.4) is 0 Å². The van der Waals surface area contributed by atoms with Crippen molar-refractivity contribution in [2.75, 3.05) is 39.8 Å². The van der Waals surface area contributed by atoms with E-state index in [-0.39, 0.29) is 30.7 Å². The lowest BCUT2D eigenvalue weighted by Gasteiger charge is -2.59. The molecule has 1 spiro atoms. The van der Waals surface area contributed by atoms with Crippen molar-refractivity contribution in [1.82, 2.24) is 20.4 Å². The third kappa shape index (κ3) is 5.95. The van der Waals surface area contributed by atoms with Crippen LogP contribution in [0.1, 0.15) is 37.3 Å². The number of carbonyl (C=O) groups is 5. The Hall–Kier alpha value is -4.19. The molecule has 3 aliphatic rings. The number of aliphatic carboxylic acids is 2. The Morgan fingerprint density at radius 2 is 1.85 bits per heavy atom. The Morgan fingerprint density at radius 3 is 2.49 bits per heavy atom. The maximum atomic E-state index is 13.5. The van der Waals surface area contributed by atoms with E-state index in [4.69, 9.17) is 9.84 Å². The van der Waals surface area contributed by atoms with Gasteiger partial charge < -0.3 is 35.4 Å². The highest BCUT2D eigenvalue weighted by Gasteiger charge is 2.61. The number of carbonyl (C=O) groups excluding carboxylic acids is 3. The van der Waals surface area contributed by atoms with Crippen molar-refractivity contribution in [3.05, 3.63) is 53.3 Å². The molecule has 0 saturated carbocycles. The molecule has 1 atom stereocenters. The smallest absolute Gasteiger partial charge is 0.335 e. The number of piperidine rings is 1. The quantitative estimate of drug-likeness (QED) is 0.312. The lowest BCUT2D eigenvalue weighted by atomic mass is 9.62. The third-order valence-electron chi connectivity index (χ3n) is 7.37. The second-order valence-corrected chi connectivity index (χ2v) is 9.90. The van der Waals surface area contributed by atoms with Crippen LogP contribution in [0.2, 0.25) is 0 Å². The third-order valence-corrected chi connectivity index (χ3v) is 7.37. The summed E-state index contributed by atoms with van der Waals surface area (Å²) in [7, 11) is 1.33. The monoisotopic (exact) mass is 540 g/mol. The van der Waals surface area contributed by atoms with Crippen molar-refractivity contribution in [2.45, 2.75) is 31.7 Å². The molecule has 0 bridgehead atoms. The van der Waals surface area contributed by atoms with E-state index in [1.54, 1.807) is 29.2 Å². The standard InChI is InChI=1S/C27H32N4O8/c1-30(15-23(34)35)22(33)14-29-21(32)16-39-20-7-5-17(6-8-20)24-27(9-11-28-12-10-27)26(38)31(24)19-4-2-3-18(13-19)25(36)37/h3,5-8,13,24,28H,2,4,9-12,14-16H2,1H3,(H,29,32)(H,34,35)(H,36,37). The number of nitrogens with one attached hydrogen (secondary N) is 2. The van der Waals surface area contributed by atoms with Crippen LogP contribution in [-0.2, 0) is 24.0 Å². The van der Waals surface area contributed by atoms with Crippen molar-refractivity contribution < 1.29 is 38.9 Å². The fraction of sp³-hybridized carbons (Fsp3) is 0.444. The van der Waals surface area contributed by atoms with Gasteiger partial charge in [-0.2, -0.15) is 0 Å². The summed E-state index contributed by atoms with van der Waals surface area (Å²) >= 11 is 0. The van der Waals surface area contributed by atoms with Gasteiger partial charge in [-0.1, -0.05) is 18.2 Å². The first-order chi connectivity index (χ1) is 18.6. The van der Waals surface area contributed by atoms with E-state index in [0.717, 1.165) is 23.6 Å². The molecule has 12 nitrogen and oxygen atoms in total. The summed E-state index contributed by atoms with van der Waals surface area (Å²) in [6, 6.07) is 6.88. The second-order valence-electron chi connectivity index (χ2n) is 9.90. The first kappa shape index (κ1) is 27.8. The maximum Gasteiger partial charge on any atom is 0.335 e. The average molecular weight is 541 g/mol. The molecule has 0 radical (unpaired) electrons. The highest BCUT2D eigenvalue weighted by atomic mass is 16.5. The number of rotatable bonds is 10. The number of amides is 3. The summed E-state index contributed by atoms with van der Waals surface area (Å²) in [5.74, 6) is -2.80. The Morgan fingerprint density at radius 1 is 1.15 bits per heavy atom. The lowest BCUT2D eigenvalue weighted by molar-refractivity contribution is -0.172. The van der Waals surface area contributed by atoms with Gasteiger partial charge in [0, 0.05) is 12.7 Å². The van der Waals surface area contributed by atoms with Gasteiger partial charge >= 0.3 is 11.9 Å². The van der Waals surface area contributed by atoms with Gasteiger partial charge in [-0.05, 0) is 62.5 Å². The number of allylic oxidation sites excluding steroid dienone is 2. The number of likely N-dealkylation sites (N-methyl/N-ethyl adjacent to an activating group) is 1. The Kier molecular flexibility index (Phi) is 8.34. The summed E-state index contributed by atoms with van der Waals surface area (Å²) in [6.45, 7) is 0.298. The van der Waals surface area contributed by atoms with Gasteiger partial charge in [0.15, 0.2) is 6.61 Å². The van der Waals surface area contributed by atoms with Gasteiger partial charge in [0.05, 0.1) is 23.6 Å². The number of β-lactam (4-membered cyclic amide) rings is 1. The number of nitrogens with zero attached hydrogens (tertiary/aromatic N) is 2. The van der Waals surface area contributed by atoms with Crippen molar-refractivity contribution in [3.8, 4) is 5.75 Å². The van der Waals surface area contributed by atoms with E-state index in [0.29, 0.717) is 37.1 Å². The molecule has 1 aromatic rings. The van der Waals surface area contributed by atoms with Crippen LogP contribution in [0.15, 0.2) is 47.7 Å². The second kappa shape index (κ2) is 11.7. The molecule has 1 aliphatic carbocycles. The van der Waals surface area contributed by atoms with E-state index in [9.17, 15) is 29.1 Å². The normalized spacial score (nSPS) is 19.9. The highest BCUT2D eigenvalue weighted by molar-refractivity contribution is 5.94. The van der Waals surface area contributed by atoms with Gasteiger partial charge in [0.25, 0.3) is 5.91 Å². The number of benzene rings is 1. The summed E-state index contributed by atoms with van der Waals surface area (Å²) in [6.07, 6.45) is 5.75. The minimum atomic E-state index is -1.15. The van der Waals surface area contributed by atoms with Crippen molar-refractivity contribution in [1.29, 1.82) is 0 Å². The topological polar surface area (TPSA) is 166 Å². The van der Waals surface area contributed by atoms with Crippen molar-refractivity contribution in [3.63, 3.8) is 0 Å². The van der Waals surface area contributed by atoms with Crippen LogP contribution in [-0.4, -0.2) is 89.5 Å². The van der Waals surface area contributed by atoms with Crippen molar-refractivity contribution in [2.24, 2.45) is 5.41 Å². The SMILES string of the molecule is CN(CC(=O)O)C(=O)CNC(=O)COc1ccc(C2N(C3=CC(C(=O)O)=CCC3)C(=O)C23CCNCC3)cc1. The maximum absolute atomic E-state index is 13.5. The molecule has 2 aliphatic heterocycles. The van der Waals surface area contributed by atoms with Crippen LogP contribution in [0.25, 0.3) is 0 Å². The largest absolute Gasteiger partial charge is 0.484 e. The first-order valence-electron chi connectivity index (χ1n) is 12.8. The summed E-state index contributed by atoms with van der Waals surface area (Å²) in [5, 5.41) is 23.9. The zero-order valence-corrected chi connectivity index (χ0v) is 21.6. The number of carboxylic acid groups (broad SMARTS) is 2. The first-order valence-corrected chi connectivity index (χ1v) is 12.8. The molecular formula is C27H32N4O8. The number of hydrogen-bond donors (Lipinski definition) is 4. The van der Waals surface area contributed by atoms with Crippen LogP contribution < -0.4 is 15.4 Å². The van der Waals surface area contributed by atoms with Crippen molar-refractivity contribution >= 4 is 29.7 Å². The molecule has 2 fully saturated rings. The van der Waals surface area contributed by atoms with Crippen LogP contribution in [0.4, 0.5) is 0 Å². The van der Waals surface area contributed by atoms with Gasteiger partial charge in [-0.15, -0.1) is 0 Å². The zero-order chi connectivity index (χ0) is 28.2. The fourth-order valence-corrected chi connectivity index (χ4v) is 5.35. The van der Waals surface area contributed by atoms with E-state index < -0.39 is 35.7 Å². The van der Waals surface area contributed by atoms with Gasteiger partial charge in [-0.3, -0.25) is 19.2 Å². The molecule has 39 heavy (non-hydrogen) atoms. The number of hydrogen-bond acceptors (Lipinski definition) is 7. The average Bonchev–Trinajstić information content (AvgIpc) is 2.93. The minimum absolute atomic E-state index is 0.0208. The zero-order valence-electron chi connectivity index (χ0n) is 21.6. The predicted molar refractivity (Wildman–Crippen MR) is 137 cm³/mol. The van der Waals surface area contributed by atoms with Gasteiger partial charge in [0.1, 0.15) is 12.3 Å². The van der Waals surface area contributed by atoms with Gasteiger partial charge in [0.2, 0.25) is 11.8 Å². The molecule has 1 unspecified atom stereocenters. The van der Waals surface area contributed by atoms with Crippen LogP contribution in [0, 0.1) is 5.41 Å². The summed E-state index contributed by atoms with van der Waals surface area (Å²) in [5.41, 5.74) is 1.23. The molecule has 3 amide bonds. The Bertz CT molecular complexity index is 1220. The Labute approximate surface area is 225 Å². The van der Waals surface area contributed by atoms with Gasteiger partial charge in [-0.25, -0.2) is 4.79 Å². The lowest BCUT2D eigenvalue weighted by Crippen LogP contribution is -2.65. The molecular weight excluding hydrogens is 508 g/mol. The highest BCUT2D eigenvalue weighted by Crippen LogP contribution is 2.57. The Balaban J connectivity index is 1.42. The molecule has 1 aromatic carbocycles. The number of carboxylic acids is 2. The fourth-order valence-electron chi connectivity index (χ4n) is 5.35. The molecule has 208 valence electrons. The molecule has 2 heterocycles. The van der Waals surface area contributed by atoms with E-state index >= 15 is 0 Å². The summed E-state index contributed by atoms with van der Waals surface area (Å²) in [4.78, 5) is 62.5. The molecule has 0 aromatic heterocycles. The molecule has 12 heteroatoms. The minimum Gasteiger partial charge on any atom is -0.484 e. The number of likely N-dealkylation sites (tertiary alicyclic amines) is 1. The summed E-state index contributed by atoms with van der Waals surface area (Å²) < 4.78 is 5.55. The predicted octanol–water partition coefficient (Wildman–Crippen LogP) is 0.666. The molecule has 4 rings (SSSR count). The number of ether oxygens (including phenoxy) is 1. The molecule has 2 saturated heterocycles.